The molecular formula is C28H23FN2O6S. The first-order valence-corrected chi connectivity index (χ1v) is 13.5. The maximum atomic E-state index is 15.6. The van der Waals surface area contributed by atoms with Gasteiger partial charge in [-0.3, -0.25) is 4.79 Å². The third kappa shape index (κ3) is 3.63. The first-order valence-electron chi connectivity index (χ1n) is 12.0. The molecule has 1 atom stereocenters. The molecule has 0 radical (unpaired) electrons. The summed E-state index contributed by atoms with van der Waals surface area (Å²) >= 11 is 0. The van der Waals surface area contributed by atoms with Crippen molar-refractivity contribution >= 4 is 26.9 Å². The molecule has 3 heterocycles. The topological polar surface area (TPSA) is 106 Å². The van der Waals surface area contributed by atoms with Crippen LogP contribution in [-0.4, -0.2) is 35.0 Å². The van der Waals surface area contributed by atoms with Gasteiger partial charge in [0.25, 0.3) is 0 Å². The Hall–Kier alpha value is -4.02. The number of pyridine rings is 1. The van der Waals surface area contributed by atoms with E-state index in [2.05, 4.69) is 0 Å². The van der Waals surface area contributed by atoms with Crippen molar-refractivity contribution in [2.45, 2.75) is 37.9 Å². The summed E-state index contributed by atoms with van der Waals surface area (Å²) in [5.74, 6) is -1.95. The molecule has 2 aliphatic heterocycles. The average Bonchev–Trinajstić information content (AvgIpc) is 3.32. The van der Waals surface area contributed by atoms with E-state index in [0.717, 1.165) is 22.8 Å². The molecule has 0 fully saturated rings. The van der Waals surface area contributed by atoms with E-state index >= 15 is 4.39 Å². The Morgan fingerprint density at radius 2 is 1.79 bits per heavy atom. The normalized spacial score (nSPS) is 16.9. The zero-order valence-corrected chi connectivity index (χ0v) is 21.4. The second kappa shape index (κ2) is 8.50. The van der Waals surface area contributed by atoms with Gasteiger partial charge in [0.1, 0.15) is 18.0 Å². The molecule has 1 N–H and O–H groups in total. The molecule has 10 heteroatoms. The van der Waals surface area contributed by atoms with Crippen molar-refractivity contribution in [1.29, 1.82) is 0 Å². The molecule has 6 rings (SSSR count). The van der Waals surface area contributed by atoms with Gasteiger partial charge in [-0.1, -0.05) is 29.8 Å². The van der Waals surface area contributed by atoms with Crippen LogP contribution in [0.4, 0.5) is 4.39 Å². The molecule has 1 aromatic heterocycles. The smallest absolute Gasteiger partial charge is 0.341 e. The van der Waals surface area contributed by atoms with Crippen LogP contribution >= 0.6 is 0 Å². The van der Waals surface area contributed by atoms with Crippen LogP contribution in [0.5, 0.6) is 5.75 Å². The molecular weight excluding hydrogens is 511 g/mol. The van der Waals surface area contributed by atoms with Crippen LogP contribution in [0.2, 0.25) is 0 Å². The molecule has 4 aromatic rings. The van der Waals surface area contributed by atoms with Crippen molar-refractivity contribution in [2.24, 2.45) is 0 Å². The summed E-state index contributed by atoms with van der Waals surface area (Å²) in [6.45, 7) is 4.20. The van der Waals surface area contributed by atoms with Crippen LogP contribution in [0.25, 0.3) is 22.0 Å². The van der Waals surface area contributed by atoms with Crippen molar-refractivity contribution < 1.29 is 27.4 Å². The summed E-state index contributed by atoms with van der Waals surface area (Å²) in [5.41, 5.74) is 2.26. The van der Waals surface area contributed by atoms with Crippen LogP contribution in [0.15, 0.2) is 64.4 Å². The Morgan fingerprint density at radius 1 is 1.08 bits per heavy atom. The van der Waals surface area contributed by atoms with Gasteiger partial charge in [-0.05, 0) is 54.8 Å². The molecule has 0 saturated heterocycles. The summed E-state index contributed by atoms with van der Waals surface area (Å²) in [4.78, 5) is 24.7. The number of rotatable bonds is 4. The highest BCUT2D eigenvalue weighted by Gasteiger charge is 2.32. The minimum Gasteiger partial charge on any atom is -0.488 e. The zero-order valence-electron chi connectivity index (χ0n) is 20.6. The van der Waals surface area contributed by atoms with Crippen molar-refractivity contribution in [3.8, 4) is 16.9 Å². The third-order valence-corrected chi connectivity index (χ3v) is 9.05. The van der Waals surface area contributed by atoms with Crippen molar-refractivity contribution in [3.63, 3.8) is 0 Å². The van der Waals surface area contributed by atoms with Crippen LogP contribution in [0.1, 0.15) is 40.0 Å². The largest absolute Gasteiger partial charge is 0.488 e. The Kier molecular flexibility index (Phi) is 5.44. The SMILES string of the molecule is Cc1ccc(S(=O)(=O)N2Cc3ccc(-c4c(F)cc5c(=O)c(C(=O)O)cn6c5c4OC[C@@H]6C)cc3C2)cc1. The molecule has 0 aliphatic carbocycles. The fraction of sp³-hybridized carbons (Fsp3) is 0.214. The standard InChI is InChI=1S/C28H23FN2O6S/c1-15-3-7-20(8-4-15)38(35,36)30-11-18-6-5-17(9-19(18)12-30)24-23(29)10-21-25-27(24)37-14-16(2)31(25)13-22(26(21)32)28(33)34/h3-10,13,16H,11-12,14H2,1-2H3,(H,33,34)/t16-/m0/s1. The first-order chi connectivity index (χ1) is 18.1. The van der Waals surface area contributed by atoms with Gasteiger partial charge >= 0.3 is 5.97 Å². The number of halogens is 1. The average molecular weight is 535 g/mol. The summed E-state index contributed by atoms with van der Waals surface area (Å²) in [5, 5.41) is 9.42. The fourth-order valence-electron chi connectivity index (χ4n) is 5.19. The number of aryl methyl sites for hydroxylation is 1. The van der Waals surface area contributed by atoms with E-state index in [0.29, 0.717) is 11.1 Å². The highest BCUT2D eigenvalue weighted by Crippen LogP contribution is 2.43. The van der Waals surface area contributed by atoms with E-state index in [1.807, 2.05) is 13.8 Å². The number of aromatic nitrogens is 1. The van der Waals surface area contributed by atoms with E-state index in [1.165, 1.54) is 10.5 Å². The number of benzene rings is 3. The van der Waals surface area contributed by atoms with Gasteiger partial charge < -0.3 is 14.4 Å². The lowest BCUT2D eigenvalue weighted by molar-refractivity contribution is 0.0694. The highest BCUT2D eigenvalue weighted by molar-refractivity contribution is 7.89. The quantitative estimate of drug-likeness (QED) is 0.414. The highest BCUT2D eigenvalue weighted by atomic mass is 32.2. The van der Waals surface area contributed by atoms with Gasteiger partial charge in [-0.15, -0.1) is 0 Å². The summed E-state index contributed by atoms with van der Waals surface area (Å²) in [6.07, 6.45) is 1.28. The number of ether oxygens (including phenoxy) is 1. The van der Waals surface area contributed by atoms with Gasteiger partial charge in [0.2, 0.25) is 15.5 Å². The molecule has 0 saturated carbocycles. The monoisotopic (exact) mass is 534 g/mol. The fourth-order valence-corrected chi connectivity index (χ4v) is 6.59. The molecule has 3 aromatic carbocycles. The molecule has 0 unspecified atom stereocenters. The van der Waals surface area contributed by atoms with Crippen LogP contribution in [-0.2, 0) is 23.1 Å². The molecule has 0 bridgehead atoms. The number of hydrogen-bond donors (Lipinski definition) is 1. The van der Waals surface area contributed by atoms with E-state index in [1.54, 1.807) is 47.0 Å². The minimum absolute atomic E-state index is 0.0655. The van der Waals surface area contributed by atoms with E-state index in [-0.39, 0.29) is 47.3 Å². The lowest BCUT2D eigenvalue weighted by Gasteiger charge is -2.28. The predicted octanol–water partition coefficient (Wildman–Crippen LogP) is 4.47. The molecule has 0 spiro atoms. The number of carbonyl (C=O) groups is 1. The van der Waals surface area contributed by atoms with Gasteiger partial charge in [0.15, 0.2) is 5.75 Å². The van der Waals surface area contributed by atoms with E-state index in [9.17, 15) is 23.1 Å². The lowest BCUT2D eigenvalue weighted by atomic mass is 9.96. The molecule has 2 aliphatic rings. The van der Waals surface area contributed by atoms with Gasteiger partial charge in [0.05, 0.1) is 27.4 Å². The molecule has 0 amide bonds. The molecule has 8 nitrogen and oxygen atoms in total. The first kappa shape index (κ1) is 24.3. The third-order valence-electron chi connectivity index (χ3n) is 7.24. The maximum Gasteiger partial charge on any atom is 0.341 e. The molecule has 194 valence electrons. The van der Waals surface area contributed by atoms with Gasteiger partial charge in [0, 0.05) is 19.3 Å². The van der Waals surface area contributed by atoms with Crippen LogP contribution in [0.3, 0.4) is 0 Å². The minimum atomic E-state index is -3.72. The number of aromatic carboxylic acids is 1. The van der Waals surface area contributed by atoms with Gasteiger partial charge in [-0.25, -0.2) is 17.6 Å². The Morgan fingerprint density at radius 3 is 2.50 bits per heavy atom. The maximum absolute atomic E-state index is 15.6. The number of hydrogen-bond acceptors (Lipinski definition) is 5. The summed E-state index contributed by atoms with van der Waals surface area (Å²) < 4.78 is 51.0. The lowest BCUT2D eigenvalue weighted by Crippen LogP contribution is -2.27. The Bertz CT molecular complexity index is 1830. The second-order valence-electron chi connectivity index (χ2n) is 9.77. The predicted molar refractivity (Wildman–Crippen MR) is 138 cm³/mol. The van der Waals surface area contributed by atoms with Gasteiger partial charge in [-0.2, -0.15) is 4.31 Å². The van der Waals surface area contributed by atoms with Crippen molar-refractivity contribution in [3.05, 3.63) is 93.0 Å². The Labute approximate surface area is 217 Å². The summed E-state index contributed by atoms with van der Waals surface area (Å²) in [6, 6.07) is 12.7. The van der Waals surface area contributed by atoms with Crippen LogP contribution in [0, 0.1) is 12.7 Å². The number of carboxylic acids is 1. The van der Waals surface area contributed by atoms with Crippen molar-refractivity contribution in [2.75, 3.05) is 6.61 Å². The zero-order chi connectivity index (χ0) is 26.9. The number of nitrogens with zero attached hydrogens (tertiary/aromatic N) is 2. The number of carboxylic acid groups (broad SMARTS) is 1. The van der Waals surface area contributed by atoms with E-state index < -0.39 is 32.8 Å². The number of fused-ring (bicyclic) bond motifs is 1. The number of sulfonamides is 1. The van der Waals surface area contributed by atoms with Crippen molar-refractivity contribution in [1.82, 2.24) is 8.87 Å². The Balaban J connectivity index is 1.45. The van der Waals surface area contributed by atoms with Crippen LogP contribution < -0.4 is 10.2 Å². The second-order valence-corrected chi connectivity index (χ2v) is 11.7. The molecule has 38 heavy (non-hydrogen) atoms. The van der Waals surface area contributed by atoms with E-state index in [4.69, 9.17) is 4.74 Å². The summed E-state index contributed by atoms with van der Waals surface area (Å²) in [7, 11) is -3.72.